The molecule has 1 aliphatic rings. The minimum atomic E-state index is -0.368. The van der Waals surface area contributed by atoms with Crippen LogP contribution in [0.1, 0.15) is 13.3 Å². The summed E-state index contributed by atoms with van der Waals surface area (Å²) in [4.78, 5) is 17.1. The van der Waals surface area contributed by atoms with Gasteiger partial charge in [0.2, 0.25) is 5.82 Å². The number of rotatable bonds is 3. The average Bonchev–Trinajstić information content (AvgIpc) is 3.04. The van der Waals surface area contributed by atoms with Gasteiger partial charge in [0, 0.05) is 22.3 Å². The first kappa shape index (κ1) is 17.7. The van der Waals surface area contributed by atoms with E-state index in [0.29, 0.717) is 23.2 Å². The molecule has 3 aromatic rings. The number of hydrogen-bond donors (Lipinski definition) is 0. The Morgan fingerprint density at radius 3 is 2.96 bits per heavy atom. The van der Waals surface area contributed by atoms with E-state index in [1.807, 2.05) is 24.3 Å². The third-order valence-electron chi connectivity index (χ3n) is 4.36. The van der Waals surface area contributed by atoms with Crippen molar-refractivity contribution in [2.45, 2.75) is 30.0 Å². The predicted octanol–water partition coefficient (Wildman–Crippen LogP) is 3.40. The van der Waals surface area contributed by atoms with Crippen molar-refractivity contribution in [1.82, 2.24) is 20.2 Å². The molecule has 2 aromatic carbocycles. The molecule has 8 heteroatoms. The number of halogens is 1. The molecule has 6 nitrogen and oxygen atoms in total. The second kappa shape index (κ2) is 7.48. The quantitative estimate of drug-likeness (QED) is 0.694. The van der Waals surface area contributed by atoms with Gasteiger partial charge in [-0.2, -0.15) is 4.80 Å². The van der Waals surface area contributed by atoms with Crippen molar-refractivity contribution in [3.63, 3.8) is 0 Å². The maximum Gasteiger partial charge on any atom is 0.250 e. The molecule has 1 amide bonds. The van der Waals surface area contributed by atoms with Gasteiger partial charge in [-0.05, 0) is 35.9 Å². The normalized spacial score (nSPS) is 16.7. The molecule has 1 aliphatic heterocycles. The van der Waals surface area contributed by atoms with E-state index in [9.17, 15) is 9.18 Å². The van der Waals surface area contributed by atoms with E-state index in [2.05, 4.69) is 22.3 Å². The highest BCUT2D eigenvalue weighted by Gasteiger charge is 2.24. The van der Waals surface area contributed by atoms with Crippen molar-refractivity contribution >= 4 is 23.4 Å². The van der Waals surface area contributed by atoms with E-state index in [1.54, 1.807) is 28.8 Å². The monoisotopic (exact) mass is 383 g/mol. The highest BCUT2D eigenvalue weighted by molar-refractivity contribution is 8.00. The van der Waals surface area contributed by atoms with Crippen LogP contribution in [0.15, 0.2) is 53.4 Å². The first-order chi connectivity index (χ1) is 13.1. The van der Waals surface area contributed by atoms with E-state index in [4.69, 9.17) is 0 Å². The second-order valence-corrected chi connectivity index (χ2v) is 7.86. The molecule has 27 heavy (non-hydrogen) atoms. The molecule has 0 saturated heterocycles. The molecule has 138 valence electrons. The number of fused-ring (bicyclic) bond motifs is 1. The van der Waals surface area contributed by atoms with Crippen LogP contribution in [0.3, 0.4) is 0 Å². The standard InChI is InChI=1S/C19H18FN5OS/c1-13-9-10-24(16-7-2-3-8-17(16)27-13)18(26)12-25-22-19(21-23-25)14-5-4-6-15(20)11-14/h2-8,11,13H,9-10,12H2,1H3/t13-/m0/s1. The lowest BCUT2D eigenvalue weighted by atomic mass is 10.2. The van der Waals surface area contributed by atoms with Crippen LogP contribution in [0.2, 0.25) is 0 Å². The van der Waals surface area contributed by atoms with Crippen molar-refractivity contribution < 1.29 is 9.18 Å². The van der Waals surface area contributed by atoms with Crippen LogP contribution >= 0.6 is 11.8 Å². The van der Waals surface area contributed by atoms with Gasteiger partial charge in [0.25, 0.3) is 5.91 Å². The summed E-state index contributed by atoms with van der Waals surface area (Å²) < 4.78 is 13.4. The van der Waals surface area contributed by atoms with E-state index >= 15 is 0 Å². The summed E-state index contributed by atoms with van der Waals surface area (Å²) in [7, 11) is 0. The molecule has 0 N–H and O–H groups in total. The van der Waals surface area contributed by atoms with Gasteiger partial charge in [-0.1, -0.05) is 31.2 Å². The van der Waals surface area contributed by atoms with E-state index < -0.39 is 0 Å². The number of hydrogen-bond acceptors (Lipinski definition) is 5. The number of aromatic nitrogens is 4. The number of tetrazole rings is 1. The summed E-state index contributed by atoms with van der Waals surface area (Å²) in [5.41, 5.74) is 1.45. The Kier molecular flexibility index (Phi) is 4.89. The fourth-order valence-corrected chi connectivity index (χ4v) is 4.12. The maximum atomic E-state index is 13.4. The molecule has 0 bridgehead atoms. The van der Waals surface area contributed by atoms with Crippen LogP contribution in [0, 0.1) is 5.82 Å². The van der Waals surface area contributed by atoms with Crippen LogP contribution < -0.4 is 4.90 Å². The molecule has 0 spiro atoms. The Balaban J connectivity index is 1.55. The first-order valence-electron chi connectivity index (χ1n) is 8.70. The highest BCUT2D eigenvalue weighted by Crippen LogP contribution is 2.37. The summed E-state index contributed by atoms with van der Waals surface area (Å²) in [6, 6.07) is 13.9. The number of carbonyl (C=O) groups excluding carboxylic acids is 1. The lowest BCUT2D eigenvalue weighted by Gasteiger charge is -2.22. The van der Waals surface area contributed by atoms with Crippen molar-refractivity contribution in [2.75, 3.05) is 11.4 Å². The molecule has 1 aromatic heterocycles. The number of thioether (sulfide) groups is 1. The number of benzene rings is 2. The minimum Gasteiger partial charge on any atom is -0.310 e. The highest BCUT2D eigenvalue weighted by atomic mass is 32.2. The van der Waals surface area contributed by atoms with Gasteiger partial charge in [0.05, 0.1) is 5.69 Å². The van der Waals surface area contributed by atoms with E-state index in [-0.39, 0.29) is 18.3 Å². The van der Waals surface area contributed by atoms with Gasteiger partial charge < -0.3 is 4.90 Å². The Labute approximate surface area is 160 Å². The van der Waals surface area contributed by atoms with Crippen LogP contribution in [-0.2, 0) is 11.3 Å². The molecule has 2 heterocycles. The molecule has 1 atom stereocenters. The van der Waals surface area contributed by atoms with E-state index in [1.165, 1.54) is 16.9 Å². The minimum absolute atomic E-state index is 0.0182. The third kappa shape index (κ3) is 3.85. The average molecular weight is 383 g/mol. The number of amides is 1. The summed E-state index contributed by atoms with van der Waals surface area (Å²) >= 11 is 1.78. The number of anilines is 1. The van der Waals surface area contributed by atoms with Gasteiger partial charge in [-0.3, -0.25) is 4.79 Å². The summed E-state index contributed by atoms with van der Waals surface area (Å²) in [6.45, 7) is 2.80. The summed E-state index contributed by atoms with van der Waals surface area (Å²) in [5, 5.41) is 12.6. The fraction of sp³-hybridized carbons (Fsp3) is 0.263. The third-order valence-corrected chi connectivity index (χ3v) is 5.59. The van der Waals surface area contributed by atoms with Crippen molar-refractivity contribution in [3.8, 4) is 11.4 Å². The second-order valence-electron chi connectivity index (χ2n) is 6.38. The topological polar surface area (TPSA) is 63.9 Å². The smallest absolute Gasteiger partial charge is 0.250 e. The SMILES string of the molecule is C[C@H]1CCN(C(=O)Cn2nnc(-c3cccc(F)c3)n2)c2ccccc2S1. The summed E-state index contributed by atoms with van der Waals surface area (Å²) in [6.07, 6.45) is 0.907. The predicted molar refractivity (Wildman–Crippen MR) is 102 cm³/mol. The molecule has 0 saturated carbocycles. The van der Waals surface area contributed by atoms with Gasteiger partial charge >= 0.3 is 0 Å². The van der Waals surface area contributed by atoms with Crippen molar-refractivity contribution in [2.24, 2.45) is 0 Å². The van der Waals surface area contributed by atoms with Gasteiger partial charge in [0.1, 0.15) is 12.4 Å². The van der Waals surface area contributed by atoms with Crippen LogP contribution in [0.4, 0.5) is 10.1 Å². The zero-order valence-corrected chi connectivity index (χ0v) is 15.6. The lowest BCUT2D eigenvalue weighted by molar-refractivity contribution is -0.119. The zero-order chi connectivity index (χ0) is 18.8. The number of nitrogens with zero attached hydrogens (tertiary/aromatic N) is 5. The Bertz CT molecular complexity index is 976. The molecule has 4 rings (SSSR count). The molecule has 0 unspecified atom stereocenters. The van der Waals surface area contributed by atoms with Crippen molar-refractivity contribution in [3.05, 3.63) is 54.3 Å². The molecule has 0 radical (unpaired) electrons. The number of para-hydroxylation sites is 1. The molecule has 0 fully saturated rings. The van der Waals surface area contributed by atoms with Gasteiger partial charge in [-0.25, -0.2) is 4.39 Å². The fourth-order valence-electron chi connectivity index (χ4n) is 3.01. The van der Waals surface area contributed by atoms with Crippen LogP contribution in [0.5, 0.6) is 0 Å². The molecular weight excluding hydrogens is 365 g/mol. The maximum absolute atomic E-state index is 13.4. The van der Waals surface area contributed by atoms with Crippen LogP contribution in [-0.4, -0.2) is 37.9 Å². The van der Waals surface area contributed by atoms with Gasteiger partial charge in [0.15, 0.2) is 0 Å². The first-order valence-corrected chi connectivity index (χ1v) is 9.58. The van der Waals surface area contributed by atoms with E-state index in [0.717, 1.165) is 17.0 Å². The van der Waals surface area contributed by atoms with Crippen molar-refractivity contribution in [1.29, 1.82) is 0 Å². The van der Waals surface area contributed by atoms with Crippen LogP contribution in [0.25, 0.3) is 11.4 Å². The summed E-state index contributed by atoms with van der Waals surface area (Å²) in [5.74, 6) is -0.171. The molecule has 0 aliphatic carbocycles. The largest absolute Gasteiger partial charge is 0.310 e. The number of carbonyl (C=O) groups is 1. The Hall–Kier alpha value is -2.74. The zero-order valence-electron chi connectivity index (χ0n) is 14.7. The lowest BCUT2D eigenvalue weighted by Crippen LogP contribution is -2.35. The molecular formula is C19H18FN5OS. The van der Waals surface area contributed by atoms with Gasteiger partial charge in [-0.15, -0.1) is 22.0 Å². The Morgan fingerprint density at radius 2 is 2.11 bits per heavy atom. The Morgan fingerprint density at radius 1 is 1.26 bits per heavy atom.